The Hall–Kier alpha value is -2.31. The summed E-state index contributed by atoms with van der Waals surface area (Å²) in [6.07, 6.45) is 5.23. The smallest absolute Gasteiger partial charge is 0.288 e. The average Bonchev–Trinajstić information content (AvgIpc) is 3.11. The number of aromatic amines is 1. The standard InChI is InChI=1S/C11H12N6O/c18-11(10-15-6-16-17-10)12-4-8-3-9(7-1-2-7)14-5-13-8/h3,5-7H,1-2,4H2,(H,12,18)(H,15,16,17). The van der Waals surface area contributed by atoms with E-state index in [2.05, 4.69) is 30.5 Å². The van der Waals surface area contributed by atoms with E-state index in [-0.39, 0.29) is 11.7 Å². The molecule has 0 bridgehead atoms. The number of hydrogen-bond donors (Lipinski definition) is 2. The van der Waals surface area contributed by atoms with Gasteiger partial charge >= 0.3 is 0 Å². The second kappa shape index (κ2) is 4.52. The van der Waals surface area contributed by atoms with E-state index in [0.29, 0.717) is 12.5 Å². The molecule has 0 aromatic carbocycles. The van der Waals surface area contributed by atoms with E-state index in [9.17, 15) is 4.79 Å². The van der Waals surface area contributed by atoms with Crippen molar-refractivity contribution >= 4 is 5.91 Å². The van der Waals surface area contributed by atoms with Gasteiger partial charge < -0.3 is 5.32 Å². The summed E-state index contributed by atoms with van der Waals surface area (Å²) >= 11 is 0. The third-order valence-electron chi connectivity index (χ3n) is 2.80. The zero-order valence-electron chi connectivity index (χ0n) is 9.63. The summed E-state index contributed by atoms with van der Waals surface area (Å²) < 4.78 is 0. The van der Waals surface area contributed by atoms with Gasteiger partial charge in [-0.2, -0.15) is 5.10 Å². The van der Waals surface area contributed by atoms with Crippen LogP contribution in [0.4, 0.5) is 0 Å². The maximum atomic E-state index is 11.6. The molecule has 0 saturated heterocycles. The van der Waals surface area contributed by atoms with Crippen LogP contribution in [0.5, 0.6) is 0 Å². The number of carbonyl (C=O) groups excluding carboxylic acids is 1. The lowest BCUT2D eigenvalue weighted by atomic mass is 10.2. The zero-order chi connectivity index (χ0) is 12.4. The fraction of sp³-hybridized carbons (Fsp3) is 0.364. The fourth-order valence-corrected chi connectivity index (χ4v) is 1.68. The number of H-pyrrole nitrogens is 1. The minimum absolute atomic E-state index is 0.200. The van der Waals surface area contributed by atoms with E-state index in [1.807, 2.05) is 6.07 Å². The van der Waals surface area contributed by atoms with Gasteiger partial charge in [0.05, 0.1) is 12.2 Å². The molecule has 18 heavy (non-hydrogen) atoms. The first kappa shape index (κ1) is 10.8. The van der Waals surface area contributed by atoms with Crippen LogP contribution in [0.25, 0.3) is 0 Å². The second-order valence-electron chi connectivity index (χ2n) is 4.23. The Morgan fingerprint density at radius 1 is 1.33 bits per heavy atom. The number of carbonyl (C=O) groups is 1. The van der Waals surface area contributed by atoms with Crippen LogP contribution in [-0.4, -0.2) is 31.1 Å². The summed E-state index contributed by atoms with van der Waals surface area (Å²) in [5, 5.41) is 8.85. The third kappa shape index (κ3) is 2.34. The summed E-state index contributed by atoms with van der Waals surface area (Å²) in [4.78, 5) is 23.8. The number of nitrogens with zero attached hydrogens (tertiary/aromatic N) is 4. The van der Waals surface area contributed by atoms with Crippen molar-refractivity contribution in [2.75, 3.05) is 0 Å². The minimum Gasteiger partial charge on any atom is -0.344 e. The molecule has 2 aromatic rings. The Morgan fingerprint density at radius 3 is 2.94 bits per heavy atom. The highest BCUT2D eigenvalue weighted by Crippen LogP contribution is 2.38. The van der Waals surface area contributed by atoms with Crippen molar-refractivity contribution in [3.63, 3.8) is 0 Å². The first-order valence-electron chi connectivity index (χ1n) is 5.77. The summed E-state index contributed by atoms with van der Waals surface area (Å²) in [7, 11) is 0. The van der Waals surface area contributed by atoms with Gasteiger partial charge in [-0.05, 0) is 18.9 Å². The molecule has 7 nitrogen and oxygen atoms in total. The third-order valence-corrected chi connectivity index (χ3v) is 2.80. The van der Waals surface area contributed by atoms with Crippen molar-refractivity contribution in [3.8, 4) is 0 Å². The van der Waals surface area contributed by atoms with Gasteiger partial charge in [0, 0.05) is 11.6 Å². The van der Waals surface area contributed by atoms with Gasteiger partial charge in [-0.25, -0.2) is 15.0 Å². The van der Waals surface area contributed by atoms with E-state index in [1.165, 1.54) is 19.2 Å². The topological polar surface area (TPSA) is 96.5 Å². The molecule has 1 aliphatic carbocycles. The maximum absolute atomic E-state index is 11.6. The van der Waals surface area contributed by atoms with Crippen molar-refractivity contribution in [3.05, 3.63) is 35.9 Å². The van der Waals surface area contributed by atoms with Crippen molar-refractivity contribution in [1.29, 1.82) is 0 Å². The van der Waals surface area contributed by atoms with Gasteiger partial charge in [0.15, 0.2) is 0 Å². The molecule has 0 aliphatic heterocycles. The normalized spacial score (nSPS) is 14.4. The molecule has 2 N–H and O–H groups in total. The molecular weight excluding hydrogens is 232 g/mol. The predicted molar refractivity (Wildman–Crippen MR) is 61.6 cm³/mol. The summed E-state index contributed by atoms with van der Waals surface area (Å²) in [6, 6.07) is 1.94. The molecule has 3 rings (SSSR count). The Bertz CT molecular complexity index is 548. The van der Waals surface area contributed by atoms with Gasteiger partial charge in [-0.1, -0.05) is 0 Å². The highest BCUT2D eigenvalue weighted by atomic mass is 16.2. The van der Waals surface area contributed by atoms with Crippen LogP contribution in [0.1, 0.15) is 40.8 Å². The van der Waals surface area contributed by atoms with E-state index in [1.54, 1.807) is 6.33 Å². The number of nitrogens with one attached hydrogen (secondary N) is 2. The maximum Gasteiger partial charge on any atom is 0.288 e. The van der Waals surface area contributed by atoms with E-state index in [4.69, 9.17) is 0 Å². The van der Waals surface area contributed by atoms with Crippen LogP contribution in [0.2, 0.25) is 0 Å². The van der Waals surface area contributed by atoms with E-state index in [0.717, 1.165) is 11.4 Å². The molecule has 2 heterocycles. The lowest BCUT2D eigenvalue weighted by Gasteiger charge is -2.03. The first-order valence-corrected chi connectivity index (χ1v) is 5.77. The molecule has 7 heteroatoms. The molecule has 0 atom stereocenters. The van der Waals surface area contributed by atoms with Crippen LogP contribution in [0, 0.1) is 0 Å². The van der Waals surface area contributed by atoms with Crippen LogP contribution >= 0.6 is 0 Å². The van der Waals surface area contributed by atoms with Crippen LogP contribution in [0.15, 0.2) is 18.7 Å². The summed E-state index contributed by atoms with van der Waals surface area (Å²) in [5.41, 5.74) is 1.87. The van der Waals surface area contributed by atoms with Gasteiger partial charge in [-0.15, -0.1) is 0 Å². The van der Waals surface area contributed by atoms with Crippen LogP contribution in [0.3, 0.4) is 0 Å². The monoisotopic (exact) mass is 244 g/mol. The number of amides is 1. The Kier molecular flexibility index (Phi) is 2.71. The van der Waals surface area contributed by atoms with Gasteiger partial charge in [0.1, 0.15) is 12.7 Å². The van der Waals surface area contributed by atoms with Gasteiger partial charge in [0.25, 0.3) is 5.91 Å². The van der Waals surface area contributed by atoms with Gasteiger partial charge in [0.2, 0.25) is 5.82 Å². The second-order valence-corrected chi connectivity index (χ2v) is 4.23. The highest BCUT2D eigenvalue weighted by Gasteiger charge is 2.25. The molecule has 2 aromatic heterocycles. The Balaban J connectivity index is 1.62. The molecule has 1 amide bonds. The lowest BCUT2D eigenvalue weighted by molar-refractivity contribution is 0.0940. The zero-order valence-corrected chi connectivity index (χ0v) is 9.63. The molecule has 1 fully saturated rings. The Labute approximate surface area is 103 Å². The molecule has 0 radical (unpaired) electrons. The summed E-state index contributed by atoms with van der Waals surface area (Å²) in [5.74, 6) is 0.488. The highest BCUT2D eigenvalue weighted by molar-refractivity contribution is 5.90. The largest absolute Gasteiger partial charge is 0.344 e. The number of hydrogen-bond acceptors (Lipinski definition) is 5. The fourth-order valence-electron chi connectivity index (χ4n) is 1.68. The average molecular weight is 244 g/mol. The lowest BCUT2D eigenvalue weighted by Crippen LogP contribution is -2.24. The van der Waals surface area contributed by atoms with Crippen molar-refractivity contribution in [1.82, 2.24) is 30.5 Å². The minimum atomic E-state index is -0.293. The van der Waals surface area contributed by atoms with Crippen LogP contribution < -0.4 is 5.32 Å². The molecular formula is C11H12N6O. The summed E-state index contributed by atoms with van der Waals surface area (Å²) in [6.45, 7) is 0.363. The van der Waals surface area contributed by atoms with E-state index < -0.39 is 0 Å². The van der Waals surface area contributed by atoms with E-state index >= 15 is 0 Å². The molecule has 0 unspecified atom stereocenters. The number of aromatic nitrogens is 5. The van der Waals surface area contributed by atoms with Gasteiger partial charge in [-0.3, -0.25) is 9.89 Å². The van der Waals surface area contributed by atoms with Crippen molar-refractivity contribution in [2.45, 2.75) is 25.3 Å². The predicted octanol–water partition coefficient (Wildman–Crippen LogP) is 0.402. The van der Waals surface area contributed by atoms with Crippen LogP contribution in [-0.2, 0) is 6.54 Å². The van der Waals surface area contributed by atoms with Crippen molar-refractivity contribution in [2.24, 2.45) is 0 Å². The van der Waals surface area contributed by atoms with Crippen molar-refractivity contribution < 1.29 is 4.79 Å². The SMILES string of the molecule is O=C(NCc1cc(C2CC2)ncn1)c1ncn[nH]1. The molecule has 1 aliphatic rings. The molecule has 1 saturated carbocycles. The Morgan fingerprint density at radius 2 is 2.22 bits per heavy atom. The molecule has 0 spiro atoms. The quantitative estimate of drug-likeness (QED) is 0.811. The molecule has 92 valence electrons. The first-order chi connectivity index (χ1) is 8.83. The number of rotatable bonds is 4.